The minimum atomic E-state index is -2.83. The first-order valence-electron chi connectivity index (χ1n) is 3.65. The van der Waals surface area contributed by atoms with Crippen molar-refractivity contribution >= 4 is 37.5 Å². The summed E-state index contributed by atoms with van der Waals surface area (Å²) in [4.78, 5) is 13.4. The third-order valence-electron chi connectivity index (χ3n) is 1.62. The molecule has 8 heteroatoms. The van der Waals surface area contributed by atoms with Gasteiger partial charge >= 0.3 is 0 Å². The first kappa shape index (κ1) is 12.4. The van der Waals surface area contributed by atoms with Crippen molar-refractivity contribution in [2.75, 3.05) is 0 Å². The van der Waals surface area contributed by atoms with E-state index in [0.29, 0.717) is 0 Å². The third-order valence-corrected chi connectivity index (χ3v) is 2.84. The van der Waals surface area contributed by atoms with Gasteiger partial charge in [-0.05, 0) is 15.9 Å². The number of nitrogens with zero attached hydrogens (tertiary/aromatic N) is 2. The summed E-state index contributed by atoms with van der Waals surface area (Å²) in [5, 5.41) is 10.8. The molecule has 0 fully saturated rings. The molecule has 0 radical (unpaired) electrons. The number of pyridine rings is 1. The Balaban J connectivity index is 3.38. The fraction of sp³-hybridized carbons (Fsp3) is 0.286. The zero-order valence-corrected chi connectivity index (χ0v) is 10.3. The van der Waals surface area contributed by atoms with Crippen molar-refractivity contribution < 1.29 is 13.7 Å². The maximum absolute atomic E-state index is 12.3. The molecule has 0 aromatic carbocycles. The van der Waals surface area contributed by atoms with Gasteiger partial charge in [0.1, 0.15) is 10.3 Å². The summed E-state index contributed by atoms with van der Waals surface area (Å²) < 4.78 is 24.7. The minimum absolute atomic E-state index is 0.0591. The molecule has 0 saturated heterocycles. The van der Waals surface area contributed by atoms with E-state index < -0.39 is 17.0 Å². The average molecular weight is 346 g/mol. The zero-order chi connectivity index (χ0) is 11.6. The Hall–Kier alpha value is -0.630. The molecule has 0 spiro atoms. The van der Waals surface area contributed by atoms with Crippen molar-refractivity contribution in [2.24, 2.45) is 0 Å². The lowest BCUT2D eigenvalue weighted by atomic mass is 10.2. The molecule has 1 aromatic rings. The second kappa shape index (κ2) is 4.93. The number of aromatic nitrogens is 1. The molecule has 4 nitrogen and oxygen atoms in total. The second-order valence-electron chi connectivity index (χ2n) is 2.53. The first-order valence-corrected chi connectivity index (χ1v) is 5.56. The largest absolute Gasteiger partial charge is 0.280 e. The summed E-state index contributed by atoms with van der Waals surface area (Å²) in [6.45, 7) is 0. The van der Waals surface area contributed by atoms with Crippen LogP contribution in [0, 0.1) is 10.1 Å². The molecule has 0 unspecified atom stereocenters. The van der Waals surface area contributed by atoms with Crippen LogP contribution in [0.4, 0.5) is 14.5 Å². The molecule has 0 atom stereocenters. The smallest absolute Gasteiger partial charge is 0.258 e. The van der Waals surface area contributed by atoms with Crippen LogP contribution < -0.4 is 0 Å². The van der Waals surface area contributed by atoms with Crippen molar-refractivity contribution in [3.63, 3.8) is 0 Å². The van der Waals surface area contributed by atoms with Gasteiger partial charge in [-0.1, -0.05) is 15.9 Å². The highest BCUT2D eigenvalue weighted by Gasteiger charge is 2.22. The SMILES string of the molecule is O=[N+]([O-])c1cc(C(F)F)nc(Br)c1CBr. The van der Waals surface area contributed by atoms with Crippen molar-refractivity contribution in [3.05, 3.63) is 32.0 Å². The quantitative estimate of drug-likeness (QED) is 0.364. The summed E-state index contributed by atoms with van der Waals surface area (Å²) >= 11 is 5.94. The summed E-state index contributed by atoms with van der Waals surface area (Å²) in [6.07, 6.45) is -2.83. The monoisotopic (exact) mass is 344 g/mol. The Bertz CT molecular complexity index is 401. The van der Waals surface area contributed by atoms with E-state index in [1.807, 2.05) is 0 Å². The standard InChI is InChI=1S/C7H4Br2F2N2O2/c8-2-3-5(13(14)15)1-4(7(10)11)12-6(3)9/h1,7H,2H2. The predicted molar refractivity (Wildman–Crippen MR) is 56.2 cm³/mol. The van der Waals surface area contributed by atoms with Gasteiger partial charge in [0.25, 0.3) is 12.1 Å². The number of hydrogen-bond donors (Lipinski definition) is 0. The maximum Gasteiger partial charge on any atom is 0.280 e. The van der Waals surface area contributed by atoms with E-state index in [1.54, 1.807) is 0 Å². The fourth-order valence-electron chi connectivity index (χ4n) is 0.944. The van der Waals surface area contributed by atoms with Crippen molar-refractivity contribution in [3.8, 4) is 0 Å². The van der Waals surface area contributed by atoms with Gasteiger partial charge in [0.05, 0.1) is 10.5 Å². The van der Waals surface area contributed by atoms with Gasteiger partial charge in [-0.3, -0.25) is 10.1 Å². The van der Waals surface area contributed by atoms with Crippen LogP contribution in [0.1, 0.15) is 17.7 Å². The second-order valence-corrected chi connectivity index (χ2v) is 3.84. The molecule has 0 amide bonds. The van der Waals surface area contributed by atoms with E-state index >= 15 is 0 Å². The number of alkyl halides is 3. The van der Waals surface area contributed by atoms with E-state index in [4.69, 9.17) is 0 Å². The molecule has 0 saturated carbocycles. The Morgan fingerprint density at radius 3 is 2.60 bits per heavy atom. The molecule has 1 aromatic heterocycles. The fourth-order valence-corrected chi connectivity index (χ4v) is 2.42. The minimum Gasteiger partial charge on any atom is -0.258 e. The maximum atomic E-state index is 12.3. The van der Waals surface area contributed by atoms with Gasteiger partial charge in [-0.15, -0.1) is 0 Å². The van der Waals surface area contributed by atoms with Crippen LogP contribution in [-0.4, -0.2) is 9.91 Å². The van der Waals surface area contributed by atoms with E-state index in [9.17, 15) is 18.9 Å². The van der Waals surface area contributed by atoms with Gasteiger partial charge in [0, 0.05) is 11.4 Å². The molecule has 0 aliphatic heterocycles. The Morgan fingerprint density at radius 1 is 1.60 bits per heavy atom. The third kappa shape index (κ3) is 2.69. The lowest BCUT2D eigenvalue weighted by Gasteiger charge is -2.04. The molecule has 1 heterocycles. The molecule has 0 aliphatic carbocycles. The van der Waals surface area contributed by atoms with Gasteiger partial charge in [-0.2, -0.15) is 0 Å². The molecular weight excluding hydrogens is 342 g/mol. The predicted octanol–water partition coefficient (Wildman–Crippen LogP) is 3.58. The van der Waals surface area contributed by atoms with Gasteiger partial charge < -0.3 is 0 Å². The highest BCUT2D eigenvalue weighted by atomic mass is 79.9. The van der Waals surface area contributed by atoms with Crippen LogP contribution in [0.5, 0.6) is 0 Å². The van der Waals surface area contributed by atoms with Crippen molar-refractivity contribution in [1.29, 1.82) is 0 Å². The Morgan fingerprint density at radius 2 is 2.20 bits per heavy atom. The van der Waals surface area contributed by atoms with Gasteiger partial charge in [0.15, 0.2) is 0 Å². The van der Waals surface area contributed by atoms with Gasteiger partial charge in [-0.25, -0.2) is 13.8 Å². The summed E-state index contributed by atoms with van der Waals surface area (Å²) in [6, 6.07) is 0.784. The van der Waals surface area contributed by atoms with E-state index in [1.165, 1.54) is 0 Å². The van der Waals surface area contributed by atoms with Crippen molar-refractivity contribution in [2.45, 2.75) is 11.8 Å². The average Bonchev–Trinajstić information content (AvgIpc) is 2.16. The molecule has 1 rings (SSSR count). The normalized spacial score (nSPS) is 10.7. The lowest BCUT2D eigenvalue weighted by molar-refractivity contribution is -0.385. The van der Waals surface area contributed by atoms with E-state index in [0.717, 1.165) is 6.07 Å². The molecule has 0 aliphatic rings. The Kier molecular flexibility index (Phi) is 4.09. The molecular formula is C7H4Br2F2N2O2. The summed E-state index contributed by atoms with van der Waals surface area (Å²) in [7, 11) is 0. The van der Waals surface area contributed by atoms with E-state index in [-0.39, 0.29) is 21.2 Å². The molecule has 0 N–H and O–H groups in total. The molecule has 15 heavy (non-hydrogen) atoms. The number of nitro groups is 1. The lowest BCUT2D eigenvalue weighted by Crippen LogP contribution is -2.00. The van der Waals surface area contributed by atoms with E-state index in [2.05, 4.69) is 36.8 Å². The highest BCUT2D eigenvalue weighted by molar-refractivity contribution is 9.10. The van der Waals surface area contributed by atoms with Crippen LogP contribution in [0.3, 0.4) is 0 Å². The highest BCUT2D eigenvalue weighted by Crippen LogP contribution is 2.31. The van der Waals surface area contributed by atoms with Crippen LogP contribution >= 0.6 is 31.9 Å². The Labute approximate surface area is 100 Å². The zero-order valence-electron chi connectivity index (χ0n) is 7.08. The van der Waals surface area contributed by atoms with Crippen LogP contribution in [0.2, 0.25) is 0 Å². The van der Waals surface area contributed by atoms with Crippen LogP contribution in [0.15, 0.2) is 10.7 Å². The van der Waals surface area contributed by atoms with Crippen molar-refractivity contribution in [1.82, 2.24) is 4.98 Å². The first-order chi connectivity index (χ1) is 6.97. The van der Waals surface area contributed by atoms with Crippen LogP contribution in [0.25, 0.3) is 0 Å². The number of rotatable bonds is 3. The summed E-state index contributed by atoms with van der Waals surface area (Å²) in [5.41, 5.74) is -0.744. The van der Waals surface area contributed by atoms with Crippen LogP contribution in [-0.2, 0) is 5.33 Å². The number of hydrogen-bond acceptors (Lipinski definition) is 3. The molecule has 82 valence electrons. The topological polar surface area (TPSA) is 56.0 Å². The van der Waals surface area contributed by atoms with Gasteiger partial charge in [0.2, 0.25) is 0 Å². The summed E-state index contributed by atoms with van der Waals surface area (Å²) in [5.74, 6) is 0. The number of halogens is 4. The molecule has 0 bridgehead atoms.